The molecule has 3 heteroatoms. The first-order chi connectivity index (χ1) is 23.3. The predicted molar refractivity (Wildman–Crippen MR) is 194 cm³/mol. The molecule has 7 aromatic carbocycles. The molecule has 0 unspecified atom stereocenters. The number of aromatic nitrogens is 1. The lowest BCUT2D eigenvalue weighted by atomic mass is 9.97. The van der Waals surface area contributed by atoms with Gasteiger partial charge in [-0.05, 0) is 100 Å². The molecule has 0 N–H and O–H groups in total. The van der Waals surface area contributed by atoms with Gasteiger partial charge in [0.05, 0.1) is 5.52 Å². The molecular formula is C44H27NO2. The quantitative estimate of drug-likeness (QED) is 0.201. The summed E-state index contributed by atoms with van der Waals surface area (Å²) in [5.41, 5.74) is 13.8. The van der Waals surface area contributed by atoms with E-state index in [9.17, 15) is 0 Å². The molecule has 0 spiro atoms. The van der Waals surface area contributed by atoms with Crippen LogP contribution in [0.1, 0.15) is 0 Å². The van der Waals surface area contributed by atoms with E-state index in [0.717, 1.165) is 88.4 Å². The van der Waals surface area contributed by atoms with E-state index < -0.39 is 0 Å². The van der Waals surface area contributed by atoms with Gasteiger partial charge in [-0.3, -0.25) is 0 Å². The summed E-state index contributed by atoms with van der Waals surface area (Å²) in [7, 11) is 0. The van der Waals surface area contributed by atoms with Gasteiger partial charge in [0, 0.05) is 27.2 Å². The Morgan fingerprint density at radius 3 is 1.66 bits per heavy atom. The number of hydrogen-bond acceptors (Lipinski definition) is 2. The molecule has 0 aliphatic heterocycles. The number of benzene rings is 7. The van der Waals surface area contributed by atoms with Gasteiger partial charge in [0.2, 0.25) is 0 Å². The zero-order chi connectivity index (χ0) is 30.9. The van der Waals surface area contributed by atoms with Gasteiger partial charge in [0.15, 0.2) is 5.58 Å². The number of nitrogens with zero attached hydrogens (tertiary/aromatic N) is 1. The highest BCUT2D eigenvalue weighted by Crippen LogP contribution is 2.41. The number of para-hydroxylation sites is 2. The highest BCUT2D eigenvalue weighted by molar-refractivity contribution is 6.17. The van der Waals surface area contributed by atoms with Crippen LogP contribution in [-0.2, 0) is 0 Å². The van der Waals surface area contributed by atoms with Crippen molar-refractivity contribution in [1.29, 1.82) is 0 Å². The Kier molecular flexibility index (Phi) is 5.57. The molecule has 220 valence electrons. The Hall–Kier alpha value is -6.32. The third kappa shape index (κ3) is 4.07. The standard InChI is InChI=1S/C44H27NO2/c1-3-10-28(11-4-1)32-18-21-35-36-22-19-33(27-42(36)46-41(35)26-32)30-13-9-12-29(24-30)31-20-23-40-38(25-31)43-44(47-40)37-16-7-8-17-39(37)45(43)34-14-5-2-6-15-34/h1-27H. The molecule has 0 radical (unpaired) electrons. The van der Waals surface area contributed by atoms with Gasteiger partial charge in [0.25, 0.3) is 0 Å². The molecule has 0 saturated carbocycles. The monoisotopic (exact) mass is 601 g/mol. The topological polar surface area (TPSA) is 31.2 Å². The lowest BCUT2D eigenvalue weighted by molar-refractivity contribution is 0.669. The van der Waals surface area contributed by atoms with Crippen LogP contribution >= 0.6 is 0 Å². The van der Waals surface area contributed by atoms with Crippen LogP contribution in [0.25, 0.3) is 94.0 Å². The van der Waals surface area contributed by atoms with Crippen molar-refractivity contribution in [1.82, 2.24) is 4.57 Å². The van der Waals surface area contributed by atoms with E-state index in [1.807, 2.05) is 6.07 Å². The van der Waals surface area contributed by atoms with Gasteiger partial charge in [-0.15, -0.1) is 0 Å². The largest absolute Gasteiger partial charge is 0.456 e. The lowest BCUT2D eigenvalue weighted by Crippen LogP contribution is -1.92. The first-order valence-electron chi connectivity index (χ1n) is 15.9. The zero-order valence-electron chi connectivity index (χ0n) is 25.4. The average molecular weight is 602 g/mol. The third-order valence-electron chi connectivity index (χ3n) is 9.40. The van der Waals surface area contributed by atoms with Gasteiger partial charge >= 0.3 is 0 Å². The van der Waals surface area contributed by atoms with Crippen LogP contribution in [0.5, 0.6) is 0 Å². The zero-order valence-corrected chi connectivity index (χ0v) is 25.4. The van der Waals surface area contributed by atoms with Gasteiger partial charge in [-0.2, -0.15) is 0 Å². The summed E-state index contributed by atoms with van der Waals surface area (Å²) in [6.07, 6.45) is 0. The van der Waals surface area contributed by atoms with Crippen molar-refractivity contribution in [3.05, 3.63) is 164 Å². The Bertz CT molecular complexity index is 2780. The van der Waals surface area contributed by atoms with Crippen LogP contribution in [0.4, 0.5) is 0 Å². The van der Waals surface area contributed by atoms with E-state index in [1.165, 1.54) is 5.56 Å². The molecule has 10 aromatic rings. The lowest BCUT2D eigenvalue weighted by Gasteiger charge is -2.08. The second-order valence-corrected chi connectivity index (χ2v) is 12.1. The Morgan fingerprint density at radius 1 is 0.340 bits per heavy atom. The van der Waals surface area contributed by atoms with Crippen LogP contribution in [0, 0.1) is 0 Å². The highest BCUT2D eigenvalue weighted by Gasteiger charge is 2.20. The van der Waals surface area contributed by atoms with Crippen molar-refractivity contribution >= 4 is 54.9 Å². The van der Waals surface area contributed by atoms with E-state index >= 15 is 0 Å². The first-order valence-corrected chi connectivity index (χ1v) is 15.9. The summed E-state index contributed by atoms with van der Waals surface area (Å²) in [6.45, 7) is 0. The second kappa shape index (κ2) is 10.1. The molecule has 3 heterocycles. The van der Waals surface area contributed by atoms with E-state index in [1.54, 1.807) is 0 Å². The summed E-state index contributed by atoms with van der Waals surface area (Å²) in [4.78, 5) is 0. The molecule has 10 rings (SSSR count). The van der Waals surface area contributed by atoms with Crippen molar-refractivity contribution in [2.24, 2.45) is 0 Å². The second-order valence-electron chi connectivity index (χ2n) is 12.1. The first kappa shape index (κ1) is 26.0. The van der Waals surface area contributed by atoms with Gasteiger partial charge in [0.1, 0.15) is 22.3 Å². The minimum absolute atomic E-state index is 0.885. The SMILES string of the molecule is c1ccc(-c2ccc3c(c2)oc2cc(-c4cccc(-c5ccc6oc7c8ccccc8n(-c8ccccc8)c7c6c5)c4)ccc23)cc1. The minimum Gasteiger partial charge on any atom is -0.456 e. The van der Waals surface area contributed by atoms with Gasteiger partial charge in [-0.25, -0.2) is 0 Å². The molecule has 0 bridgehead atoms. The summed E-state index contributed by atoms with van der Waals surface area (Å²) in [5, 5.41) is 4.47. The van der Waals surface area contributed by atoms with Crippen LogP contribution in [0.15, 0.2) is 173 Å². The van der Waals surface area contributed by atoms with Crippen LogP contribution in [-0.4, -0.2) is 4.57 Å². The summed E-state index contributed by atoms with van der Waals surface area (Å²) < 4.78 is 15.3. The fourth-order valence-corrected chi connectivity index (χ4v) is 7.14. The van der Waals surface area contributed by atoms with Crippen LogP contribution < -0.4 is 0 Å². The predicted octanol–water partition coefficient (Wildman–Crippen LogP) is 12.4. The van der Waals surface area contributed by atoms with E-state index in [2.05, 4.69) is 162 Å². The van der Waals surface area contributed by atoms with Crippen molar-refractivity contribution in [2.75, 3.05) is 0 Å². The molecule has 3 aromatic heterocycles. The van der Waals surface area contributed by atoms with E-state index in [4.69, 9.17) is 8.83 Å². The summed E-state index contributed by atoms with van der Waals surface area (Å²) in [5.74, 6) is 0. The maximum atomic E-state index is 6.52. The fourth-order valence-electron chi connectivity index (χ4n) is 7.14. The van der Waals surface area contributed by atoms with Crippen LogP contribution in [0.3, 0.4) is 0 Å². The molecule has 47 heavy (non-hydrogen) atoms. The number of rotatable bonds is 4. The summed E-state index contributed by atoms with van der Waals surface area (Å²) in [6, 6.07) is 57.7. The molecule has 0 aliphatic rings. The van der Waals surface area contributed by atoms with Gasteiger partial charge < -0.3 is 13.4 Å². The summed E-state index contributed by atoms with van der Waals surface area (Å²) >= 11 is 0. The molecule has 3 nitrogen and oxygen atoms in total. The van der Waals surface area contributed by atoms with E-state index in [-0.39, 0.29) is 0 Å². The number of hydrogen-bond donors (Lipinski definition) is 0. The molecule has 0 atom stereocenters. The molecule has 0 fully saturated rings. The Morgan fingerprint density at radius 2 is 0.915 bits per heavy atom. The smallest absolute Gasteiger partial charge is 0.161 e. The molecular weight excluding hydrogens is 574 g/mol. The number of fused-ring (bicyclic) bond motifs is 8. The van der Waals surface area contributed by atoms with Crippen molar-refractivity contribution < 1.29 is 8.83 Å². The average Bonchev–Trinajstić information content (AvgIpc) is 3.80. The highest BCUT2D eigenvalue weighted by atomic mass is 16.3. The Balaban J connectivity index is 1.08. The molecule has 0 saturated heterocycles. The van der Waals surface area contributed by atoms with Crippen molar-refractivity contribution in [3.8, 4) is 39.1 Å². The van der Waals surface area contributed by atoms with E-state index in [0.29, 0.717) is 0 Å². The molecule has 0 amide bonds. The number of furan rings is 2. The van der Waals surface area contributed by atoms with Gasteiger partial charge in [-0.1, -0.05) is 97.1 Å². The maximum Gasteiger partial charge on any atom is 0.161 e. The van der Waals surface area contributed by atoms with Crippen molar-refractivity contribution in [2.45, 2.75) is 0 Å². The third-order valence-corrected chi connectivity index (χ3v) is 9.40. The minimum atomic E-state index is 0.885. The fraction of sp³-hybridized carbons (Fsp3) is 0. The molecule has 0 aliphatic carbocycles. The maximum absolute atomic E-state index is 6.52. The normalized spacial score (nSPS) is 11.8. The van der Waals surface area contributed by atoms with Crippen molar-refractivity contribution in [3.63, 3.8) is 0 Å². The Labute approximate surface area is 270 Å². The van der Waals surface area contributed by atoms with Crippen LogP contribution in [0.2, 0.25) is 0 Å².